The maximum atomic E-state index is 13.5. The summed E-state index contributed by atoms with van der Waals surface area (Å²) >= 11 is 3.20. The molecule has 2 N–H and O–H groups in total. The average Bonchev–Trinajstić information content (AvgIpc) is 2.82. The second kappa shape index (κ2) is 7.82. The van der Waals surface area contributed by atoms with Gasteiger partial charge in [-0.3, -0.25) is 4.79 Å². The van der Waals surface area contributed by atoms with E-state index in [1.165, 1.54) is 6.07 Å². The van der Waals surface area contributed by atoms with Crippen LogP contribution in [0.2, 0.25) is 0 Å². The Balaban J connectivity index is 0.00000180. The highest BCUT2D eigenvalue weighted by Gasteiger charge is 2.17. The van der Waals surface area contributed by atoms with Gasteiger partial charge in [0.2, 0.25) is 0 Å². The highest BCUT2D eigenvalue weighted by atomic mass is 79.9. The fraction of sp³-hybridized carbons (Fsp3) is 0.462. The summed E-state index contributed by atoms with van der Waals surface area (Å²) < 4.78 is 14.0. The molecule has 106 valence electrons. The van der Waals surface area contributed by atoms with E-state index in [2.05, 4.69) is 26.6 Å². The van der Waals surface area contributed by atoms with Gasteiger partial charge in [0.1, 0.15) is 5.82 Å². The predicted molar refractivity (Wildman–Crippen MR) is 79.3 cm³/mol. The summed E-state index contributed by atoms with van der Waals surface area (Å²) in [5.74, 6) is -0.232. The van der Waals surface area contributed by atoms with E-state index < -0.39 is 5.82 Å². The third kappa shape index (κ3) is 4.44. The summed E-state index contributed by atoms with van der Waals surface area (Å²) in [4.78, 5) is 11.9. The van der Waals surface area contributed by atoms with E-state index in [1.807, 2.05) is 0 Å². The minimum Gasteiger partial charge on any atom is -0.352 e. The van der Waals surface area contributed by atoms with Gasteiger partial charge in [0.25, 0.3) is 5.91 Å². The average molecular weight is 352 g/mol. The van der Waals surface area contributed by atoms with Crippen molar-refractivity contribution >= 4 is 34.2 Å². The molecule has 1 aromatic carbocycles. The largest absolute Gasteiger partial charge is 0.352 e. The number of benzene rings is 1. The van der Waals surface area contributed by atoms with Crippen LogP contribution in [0, 0.1) is 11.7 Å². The number of halogens is 3. The lowest BCUT2D eigenvalue weighted by Gasteiger charge is -2.10. The molecule has 1 aromatic rings. The maximum absolute atomic E-state index is 13.5. The van der Waals surface area contributed by atoms with Gasteiger partial charge in [-0.25, -0.2) is 4.39 Å². The summed E-state index contributed by atoms with van der Waals surface area (Å²) in [6.07, 6.45) is 2.09. The van der Waals surface area contributed by atoms with E-state index in [4.69, 9.17) is 0 Å². The van der Waals surface area contributed by atoms with Crippen LogP contribution in [0.25, 0.3) is 0 Å². The van der Waals surface area contributed by atoms with Crippen molar-refractivity contribution in [2.75, 3.05) is 19.6 Å². The third-order valence-corrected chi connectivity index (χ3v) is 3.85. The van der Waals surface area contributed by atoms with Crippen LogP contribution >= 0.6 is 28.3 Å². The normalized spacial score (nSPS) is 17.9. The van der Waals surface area contributed by atoms with Gasteiger partial charge >= 0.3 is 0 Å². The van der Waals surface area contributed by atoms with E-state index in [0.717, 1.165) is 25.9 Å². The smallest absolute Gasteiger partial charge is 0.255 e. The van der Waals surface area contributed by atoms with Gasteiger partial charge in [0.05, 0.1) is 5.56 Å². The molecular weight excluding hydrogens is 335 g/mol. The van der Waals surface area contributed by atoms with Crippen molar-refractivity contribution in [3.8, 4) is 0 Å². The molecule has 1 atom stereocenters. The molecule has 6 heteroatoms. The zero-order chi connectivity index (χ0) is 13.0. The van der Waals surface area contributed by atoms with Gasteiger partial charge in [-0.1, -0.05) is 6.07 Å². The summed E-state index contributed by atoms with van der Waals surface area (Å²) in [5, 5.41) is 6.05. The quantitative estimate of drug-likeness (QED) is 0.876. The summed E-state index contributed by atoms with van der Waals surface area (Å²) in [5.41, 5.74) is 0.0852. The number of hydrogen-bond donors (Lipinski definition) is 2. The standard InChI is InChI=1S/C13H16BrFN2O.ClH/c14-10-2-1-3-11(15)12(10)13(18)17-7-5-9-4-6-16-8-9;/h1-3,9,16H,4-8H2,(H,17,18);1H. The lowest BCUT2D eigenvalue weighted by molar-refractivity contribution is 0.0947. The van der Waals surface area contributed by atoms with E-state index in [-0.39, 0.29) is 23.9 Å². The van der Waals surface area contributed by atoms with E-state index in [0.29, 0.717) is 16.9 Å². The molecule has 0 aromatic heterocycles. The molecule has 0 radical (unpaired) electrons. The fourth-order valence-electron chi connectivity index (χ4n) is 2.15. The first-order chi connectivity index (χ1) is 8.68. The molecule has 1 amide bonds. The number of carbonyl (C=O) groups is 1. The zero-order valence-corrected chi connectivity index (χ0v) is 12.8. The molecule has 1 heterocycles. The van der Waals surface area contributed by atoms with E-state index in [9.17, 15) is 9.18 Å². The third-order valence-electron chi connectivity index (χ3n) is 3.19. The van der Waals surface area contributed by atoms with Crippen molar-refractivity contribution in [3.63, 3.8) is 0 Å². The monoisotopic (exact) mass is 350 g/mol. The Hall–Kier alpha value is -0.650. The molecule has 0 aliphatic carbocycles. The highest BCUT2D eigenvalue weighted by Crippen LogP contribution is 2.19. The molecule has 3 nitrogen and oxygen atoms in total. The molecule has 1 aliphatic rings. The first-order valence-corrected chi connectivity index (χ1v) is 6.90. The lowest BCUT2D eigenvalue weighted by Crippen LogP contribution is -2.27. The number of rotatable bonds is 4. The van der Waals surface area contributed by atoms with Crippen molar-refractivity contribution in [3.05, 3.63) is 34.1 Å². The van der Waals surface area contributed by atoms with Crippen LogP contribution in [0.4, 0.5) is 4.39 Å². The van der Waals surface area contributed by atoms with Crippen LogP contribution in [-0.2, 0) is 0 Å². The fourth-order valence-corrected chi connectivity index (χ4v) is 2.68. The molecular formula is C13H17BrClFN2O. The van der Waals surface area contributed by atoms with Crippen molar-refractivity contribution in [1.29, 1.82) is 0 Å². The first-order valence-electron chi connectivity index (χ1n) is 6.11. The minimum atomic E-state index is -0.496. The molecule has 19 heavy (non-hydrogen) atoms. The van der Waals surface area contributed by atoms with Crippen LogP contribution in [0.3, 0.4) is 0 Å². The molecule has 1 aliphatic heterocycles. The minimum absolute atomic E-state index is 0. The topological polar surface area (TPSA) is 41.1 Å². The van der Waals surface area contributed by atoms with Crippen molar-refractivity contribution in [1.82, 2.24) is 10.6 Å². The summed E-state index contributed by atoms with van der Waals surface area (Å²) in [6, 6.07) is 4.53. The summed E-state index contributed by atoms with van der Waals surface area (Å²) in [6.45, 7) is 2.66. The Labute approximate surface area is 126 Å². The molecule has 1 unspecified atom stereocenters. The second-order valence-corrected chi connectivity index (χ2v) is 5.35. The van der Waals surface area contributed by atoms with E-state index in [1.54, 1.807) is 12.1 Å². The maximum Gasteiger partial charge on any atom is 0.255 e. The van der Waals surface area contributed by atoms with Crippen molar-refractivity contribution in [2.24, 2.45) is 5.92 Å². The van der Waals surface area contributed by atoms with Crippen molar-refractivity contribution in [2.45, 2.75) is 12.8 Å². The van der Waals surface area contributed by atoms with Crippen LogP contribution in [0.5, 0.6) is 0 Å². The lowest BCUT2D eigenvalue weighted by atomic mass is 10.1. The van der Waals surface area contributed by atoms with Crippen molar-refractivity contribution < 1.29 is 9.18 Å². The number of nitrogens with one attached hydrogen (secondary N) is 2. The Morgan fingerprint density at radius 1 is 1.53 bits per heavy atom. The molecule has 0 spiro atoms. The van der Waals surface area contributed by atoms with Crippen LogP contribution in [0.15, 0.2) is 22.7 Å². The zero-order valence-electron chi connectivity index (χ0n) is 10.4. The van der Waals surface area contributed by atoms with Gasteiger partial charge in [0, 0.05) is 11.0 Å². The molecule has 0 saturated carbocycles. The number of hydrogen-bond acceptors (Lipinski definition) is 2. The van der Waals surface area contributed by atoms with Gasteiger partial charge in [-0.2, -0.15) is 0 Å². The molecule has 2 rings (SSSR count). The Morgan fingerprint density at radius 2 is 2.32 bits per heavy atom. The summed E-state index contributed by atoms with van der Waals surface area (Å²) in [7, 11) is 0. The van der Waals surface area contributed by atoms with E-state index >= 15 is 0 Å². The van der Waals surface area contributed by atoms with Gasteiger partial charge in [-0.05, 0) is 59.9 Å². The first kappa shape index (κ1) is 16.4. The van der Waals surface area contributed by atoms with Gasteiger partial charge in [0.15, 0.2) is 0 Å². The molecule has 0 bridgehead atoms. The Kier molecular flexibility index (Phi) is 6.75. The number of amides is 1. The Bertz CT molecular complexity index is 418. The SMILES string of the molecule is Cl.O=C(NCCC1CCNC1)c1c(F)cccc1Br. The highest BCUT2D eigenvalue weighted by molar-refractivity contribution is 9.10. The van der Waals surface area contributed by atoms with Crippen LogP contribution < -0.4 is 10.6 Å². The number of carbonyl (C=O) groups excluding carboxylic acids is 1. The second-order valence-electron chi connectivity index (χ2n) is 4.50. The molecule has 1 saturated heterocycles. The van der Waals surface area contributed by atoms with Gasteiger partial charge in [-0.15, -0.1) is 12.4 Å². The van der Waals surface area contributed by atoms with Gasteiger partial charge < -0.3 is 10.6 Å². The molecule has 1 fully saturated rings. The Morgan fingerprint density at radius 3 is 2.95 bits per heavy atom. The van der Waals surface area contributed by atoms with Crippen LogP contribution in [0.1, 0.15) is 23.2 Å². The van der Waals surface area contributed by atoms with Crippen LogP contribution in [-0.4, -0.2) is 25.5 Å². The predicted octanol–water partition coefficient (Wildman–Crippen LogP) is 2.74.